The molecule has 5 heteroatoms. The van der Waals surface area contributed by atoms with Crippen molar-refractivity contribution in [2.24, 2.45) is 0 Å². The van der Waals surface area contributed by atoms with Crippen LogP contribution in [-0.4, -0.2) is 13.1 Å². The second-order valence-corrected chi connectivity index (χ2v) is 8.74. The van der Waals surface area contributed by atoms with Crippen molar-refractivity contribution in [2.75, 3.05) is 13.1 Å². The molecule has 164 valence electrons. The van der Waals surface area contributed by atoms with Crippen LogP contribution in [0.1, 0.15) is 36.0 Å². The molecular formula is C26H32NO3P. The van der Waals surface area contributed by atoms with E-state index < -0.39 is 8.60 Å². The molecule has 0 aliphatic carbocycles. The molecule has 0 saturated carbocycles. The number of hydrogen-bond acceptors (Lipinski definition) is 4. The summed E-state index contributed by atoms with van der Waals surface area (Å²) in [5.74, 6) is 2.16. The maximum Gasteiger partial charge on any atom is 0.530 e. The number of piperidine rings is 1. The van der Waals surface area contributed by atoms with Crippen LogP contribution in [0.15, 0.2) is 72.8 Å². The van der Waals surface area contributed by atoms with Crippen LogP contribution in [0.25, 0.3) is 0 Å². The van der Waals surface area contributed by atoms with Crippen LogP contribution in [0.3, 0.4) is 0 Å². The Balaban J connectivity index is 0.000000391. The first kappa shape index (κ1) is 23.1. The highest BCUT2D eigenvalue weighted by atomic mass is 31.2. The molecule has 3 aromatic rings. The molecule has 31 heavy (non-hydrogen) atoms. The summed E-state index contributed by atoms with van der Waals surface area (Å²) in [6.45, 7) is 8.62. The largest absolute Gasteiger partial charge is 0.530 e. The second kappa shape index (κ2) is 12.3. The molecular weight excluding hydrogens is 405 g/mol. The molecule has 1 aliphatic heterocycles. The minimum Gasteiger partial charge on any atom is -0.409 e. The van der Waals surface area contributed by atoms with Gasteiger partial charge in [0.15, 0.2) is 0 Å². The SMILES string of the molecule is C1CCNCC1.Cc1ccc(OP(Oc2ccc(C)cc2)Oc2ccc(C)cc2)cc1. The molecule has 0 amide bonds. The molecule has 0 spiro atoms. The van der Waals surface area contributed by atoms with Gasteiger partial charge < -0.3 is 18.9 Å². The highest BCUT2D eigenvalue weighted by molar-refractivity contribution is 7.43. The first-order valence-corrected chi connectivity index (χ1v) is 11.9. The molecule has 1 N–H and O–H groups in total. The van der Waals surface area contributed by atoms with Crippen LogP contribution in [0.5, 0.6) is 17.2 Å². The van der Waals surface area contributed by atoms with Gasteiger partial charge in [-0.1, -0.05) is 59.5 Å². The average molecular weight is 438 g/mol. The van der Waals surface area contributed by atoms with E-state index in [1.54, 1.807) is 0 Å². The fourth-order valence-electron chi connectivity index (χ4n) is 2.91. The third-order valence-electron chi connectivity index (χ3n) is 4.81. The van der Waals surface area contributed by atoms with Crippen molar-refractivity contribution in [1.82, 2.24) is 5.32 Å². The highest BCUT2D eigenvalue weighted by Crippen LogP contribution is 2.42. The first-order chi connectivity index (χ1) is 15.1. The molecule has 4 rings (SSSR count). The average Bonchev–Trinajstić information content (AvgIpc) is 2.80. The van der Waals surface area contributed by atoms with E-state index in [-0.39, 0.29) is 0 Å². The Hall–Kier alpha value is -2.55. The normalized spacial score (nSPS) is 13.2. The highest BCUT2D eigenvalue weighted by Gasteiger charge is 2.19. The van der Waals surface area contributed by atoms with Gasteiger partial charge in [-0.15, -0.1) is 0 Å². The van der Waals surface area contributed by atoms with Gasteiger partial charge in [0, 0.05) is 0 Å². The molecule has 0 atom stereocenters. The molecule has 1 aliphatic rings. The molecule has 4 nitrogen and oxygen atoms in total. The zero-order valence-corrected chi connectivity index (χ0v) is 19.5. The van der Waals surface area contributed by atoms with Gasteiger partial charge in [-0.2, -0.15) is 0 Å². The van der Waals surface area contributed by atoms with Crippen molar-refractivity contribution in [3.63, 3.8) is 0 Å². The molecule has 0 unspecified atom stereocenters. The Morgan fingerprint density at radius 2 is 0.839 bits per heavy atom. The van der Waals surface area contributed by atoms with Crippen molar-refractivity contribution in [3.05, 3.63) is 89.5 Å². The second-order valence-electron chi connectivity index (χ2n) is 7.75. The molecule has 1 saturated heterocycles. The summed E-state index contributed by atoms with van der Waals surface area (Å²) in [6, 6.07) is 23.5. The Bertz CT molecular complexity index is 767. The van der Waals surface area contributed by atoms with Crippen molar-refractivity contribution < 1.29 is 13.6 Å². The van der Waals surface area contributed by atoms with Crippen molar-refractivity contribution in [1.29, 1.82) is 0 Å². The van der Waals surface area contributed by atoms with Gasteiger partial charge in [-0.3, -0.25) is 0 Å². The van der Waals surface area contributed by atoms with E-state index in [1.165, 1.54) is 49.0 Å². The zero-order valence-electron chi connectivity index (χ0n) is 18.6. The lowest BCUT2D eigenvalue weighted by atomic mass is 10.2. The van der Waals surface area contributed by atoms with Crippen molar-refractivity contribution in [2.45, 2.75) is 40.0 Å². The van der Waals surface area contributed by atoms with Gasteiger partial charge in [-0.05, 0) is 83.1 Å². The van der Waals surface area contributed by atoms with Crippen molar-refractivity contribution in [3.8, 4) is 17.2 Å². The number of hydrogen-bond donors (Lipinski definition) is 1. The lowest BCUT2D eigenvalue weighted by molar-refractivity contribution is 0.388. The number of nitrogens with one attached hydrogen (secondary N) is 1. The van der Waals surface area contributed by atoms with E-state index in [0.29, 0.717) is 0 Å². The predicted octanol–water partition coefficient (Wildman–Crippen LogP) is 7.14. The smallest absolute Gasteiger partial charge is 0.409 e. The summed E-state index contributed by atoms with van der Waals surface area (Å²) in [4.78, 5) is 0. The summed E-state index contributed by atoms with van der Waals surface area (Å²) >= 11 is 0. The van der Waals surface area contributed by atoms with E-state index in [1.807, 2.05) is 93.6 Å². The Labute approximate surface area is 187 Å². The van der Waals surface area contributed by atoms with E-state index >= 15 is 0 Å². The van der Waals surface area contributed by atoms with Gasteiger partial charge in [0.2, 0.25) is 0 Å². The molecule has 3 aromatic carbocycles. The zero-order chi connectivity index (χ0) is 21.9. The summed E-state index contributed by atoms with van der Waals surface area (Å²) in [6.07, 6.45) is 4.22. The molecule has 1 fully saturated rings. The van der Waals surface area contributed by atoms with Crippen LogP contribution in [0.4, 0.5) is 0 Å². The van der Waals surface area contributed by atoms with E-state index in [2.05, 4.69) is 5.32 Å². The predicted molar refractivity (Wildman–Crippen MR) is 129 cm³/mol. The Morgan fingerprint density at radius 1 is 0.516 bits per heavy atom. The van der Waals surface area contributed by atoms with Gasteiger partial charge in [0.05, 0.1) is 0 Å². The van der Waals surface area contributed by atoms with Gasteiger partial charge in [-0.25, -0.2) is 0 Å². The number of benzene rings is 3. The third kappa shape index (κ3) is 8.61. The van der Waals surface area contributed by atoms with E-state index in [9.17, 15) is 0 Å². The summed E-state index contributed by atoms with van der Waals surface area (Å²) < 4.78 is 17.9. The molecule has 0 bridgehead atoms. The standard InChI is InChI=1S/C21H21O3P.C5H11N/c1-16-4-10-19(11-5-16)22-25(23-20-12-6-17(2)7-13-20)24-21-14-8-18(3)9-15-21;1-2-4-6-5-3-1/h4-15H,1-3H3;6H,1-5H2. The maximum atomic E-state index is 5.96. The minimum atomic E-state index is -1.62. The third-order valence-corrected chi connectivity index (χ3v) is 5.89. The van der Waals surface area contributed by atoms with Crippen LogP contribution in [0.2, 0.25) is 0 Å². The lowest BCUT2D eigenvalue weighted by Gasteiger charge is -2.18. The Kier molecular flexibility index (Phi) is 9.20. The Morgan fingerprint density at radius 3 is 1.06 bits per heavy atom. The monoisotopic (exact) mass is 437 g/mol. The van der Waals surface area contributed by atoms with Gasteiger partial charge in [0.1, 0.15) is 17.2 Å². The summed E-state index contributed by atoms with van der Waals surface area (Å²) in [5.41, 5.74) is 3.53. The van der Waals surface area contributed by atoms with E-state index in [4.69, 9.17) is 13.6 Å². The molecule has 0 aromatic heterocycles. The quantitative estimate of drug-likeness (QED) is 0.416. The van der Waals surface area contributed by atoms with Crippen LogP contribution < -0.4 is 18.9 Å². The fraction of sp³-hybridized carbons (Fsp3) is 0.308. The molecule has 1 heterocycles. The number of rotatable bonds is 6. The van der Waals surface area contributed by atoms with Gasteiger partial charge in [0.25, 0.3) is 0 Å². The minimum absolute atomic E-state index is 0.718. The first-order valence-electron chi connectivity index (χ1n) is 10.8. The lowest BCUT2D eigenvalue weighted by Crippen LogP contribution is -2.21. The van der Waals surface area contributed by atoms with Crippen molar-refractivity contribution >= 4 is 8.60 Å². The van der Waals surface area contributed by atoms with Crippen LogP contribution in [0, 0.1) is 20.8 Å². The summed E-state index contributed by atoms with van der Waals surface area (Å²) in [5, 5.41) is 3.28. The number of aryl methyl sites for hydroxylation is 3. The van der Waals surface area contributed by atoms with E-state index in [0.717, 1.165) is 17.2 Å². The van der Waals surface area contributed by atoms with Crippen LogP contribution >= 0.6 is 8.60 Å². The fourth-order valence-corrected chi connectivity index (χ4v) is 3.91. The van der Waals surface area contributed by atoms with Gasteiger partial charge >= 0.3 is 8.60 Å². The molecule has 0 radical (unpaired) electrons. The topological polar surface area (TPSA) is 39.7 Å². The van der Waals surface area contributed by atoms with Crippen LogP contribution in [-0.2, 0) is 0 Å². The summed E-state index contributed by atoms with van der Waals surface area (Å²) in [7, 11) is -1.62. The maximum absolute atomic E-state index is 5.96.